The van der Waals surface area contributed by atoms with Crippen molar-refractivity contribution in [3.05, 3.63) is 97.3 Å². The molecular formula is C24H18ClFN4O6S. The highest BCUT2D eigenvalue weighted by atomic mass is 35.5. The fourth-order valence-electron chi connectivity index (χ4n) is 4.22. The number of H-pyrrole nitrogens is 1. The lowest BCUT2D eigenvalue weighted by Crippen LogP contribution is -2.35. The second kappa shape index (κ2) is 9.12. The van der Waals surface area contributed by atoms with Gasteiger partial charge in [0.05, 0.1) is 16.7 Å². The molecular weight excluding hydrogens is 527 g/mol. The van der Waals surface area contributed by atoms with Crippen LogP contribution in [-0.4, -0.2) is 34.0 Å². The van der Waals surface area contributed by atoms with E-state index in [1.807, 2.05) is 0 Å². The van der Waals surface area contributed by atoms with E-state index in [0.717, 1.165) is 18.2 Å². The van der Waals surface area contributed by atoms with Gasteiger partial charge in [-0.1, -0.05) is 11.6 Å². The van der Waals surface area contributed by atoms with E-state index >= 15 is 0 Å². The number of carbonyl (C=O) groups is 1. The van der Waals surface area contributed by atoms with Crippen LogP contribution in [0.5, 0.6) is 0 Å². The molecule has 1 aliphatic carbocycles. The molecule has 1 amide bonds. The number of nitro benzene ring substituents is 1. The predicted octanol–water partition coefficient (Wildman–Crippen LogP) is 3.97. The van der Waals surface area contributed by atoms with Gasteiger partial charge in [-0.15, -0.1) is 0 Å². The number of amides is 1. The number of aromatic nitrogens is 2. The van der Waals surface area contributed by atoms with Gasteiger partial charge in [0.15, 0.2) is 0 Å². The van der Waals surface area contributed by atoms with Crippen LogP contribution in [-0.2, 0) is 16.6 Å². The van der Waals surface area contributed by atoms with Gasteiger partial charge in [0, 0.05) is 50.9 Å². The van der Waals surface area contributed by atoms with Crippen LogP contribution in [0.4, 0.5) is 10.1 Å². The Labute approximate surface area is 213 Å². The van der Waals surface area contributed by atoms with E-state index in [2.05, 4.69) is 9.71 Å². The Morgan fingerprint density at radius 1 is 1.22 bits per heavy atom. The number of nitrogens with one attached hydrogen (secondary N) is 2. The van der Waals surface area contributed by atoms with E-state index in [9.17, 15) is 32.5 Å². The molecule has 2 heterocycles. The standard InChI is InChI=1S/C24H18ClFN4O6S/c25-14-3-8-20-18(11-14)21(17-2-1-9-27-23(17)31)22(24(32)28-37(35,36)16-5-6-16)29(20)12-13-10-15(30(33)34)4-7-19(13)26/h1-4,7-11,16H,5-6,12H2,(H,27,31)(H,28,32). The van der Waals surface area contributed by atoms with Crippen molar-refractivity contribution < 1.29 is 22.5 Å². The van der Waals surface area contributed by atoms with Crippen LogP contribution in [0.25, 0.3) is 22.0 Å². The van der Waals surface area contributed by atoms with Gasteiger partial charge in [0.2, 0.25) is 10.0 Å². The Morgan fingerprint density at radius 2 is 1.97 bits per heavy atom. The molecule has 0 atom stereocenters. The van der Waals surface area contributed by atoms with Crippen LogP contribution in [0.15, 0.2) is 59.5 Å². The van der Waals surface area contributed by atoms with Crippen molar-refractivity contribution in [2.75, 3.05) is 0 Å². The Morgan fingerprint density at radius 3 is 2.65 bits per heavy atom. The Balaban J connectivity index is 1.80. The summed E-state index contributed by atoms with van der Waals surface area (Å²) in [6, 6.07) is 10.5. The maximum Gasteiger partial charge on any atom is 0.282 e. The van der Waals surface area contributed by atoms with E-state index in [1.54, 1.807) is 6.07 Å². The highest BCUT2D eigenvalue weighted by Crippen LogP contribution is 2.37. The third-order valence-electron chi connectivity index (χ3n) is 6.09. The fraction of sp³-hybridized carbons (Fsp3) is 0.167. The van der Waals surface area contributed by atoms with Crippen LogP contribution in [0, 0.1) is 15.9 Å². The largest absolute Gasteiger partial charge is 0.331 e. The maximum atomic E-state index is 14.8. The summed E-state index contributed by atoms with van der Waals surface area (Å²) in [5, 5.41) is 11.2. The Kier molecular flexibility index (Phi) is 6.08. The number of non-ortho nitro benzene ring substituents is 1. The molecule has 0 unspecified atom stereocenters. The third-order valence-corrected chi connectivity index (χ3v) is 8.15. The quantitative estimate of drug-likeness (QED) is 0.266. The van der Waals surface area contributed by atoms with Gasteiger partial charge < -0.3 is 9.55 Å². The van der Waals surface area contributed by atoms with Crippen molar-refractivity contribution in [1.82, 2.24) is 14.3 Å². The molecule has 190 valence electrons. The molecule has 37 heavy (non-hydrogen) atoms. The maximum absolute atomic E-state index is 14.8. The lowest BCUT2D eigenvalue weighted by molar-refractivity contribution is -0.385. The molecule has 0 radical (unpaired) electrons. The average molecular weight is 545 g/mol. The van der Waals surface area contributed by atoms with Gasteiger partial charge in [-0.2, -0.15) is 0 Å². The minimum absolute atomic E-state index is 0.0574. The number of rotatable bonds is 7. The van der Waals surface area contributed by atoms with Crippen molar-refractivity contribution >= 4 is 44.1 Å². The summed E-state index contributed by atoms with van der Waals surface area (Å²) in [6.45, 7) is -0.372. The number of benzene rings is 2. The molecule has 0 spiro atoms. The number of sulfonamides is 1. The zero-order valence-electron chi connectivity index (χ0n) is 18.9. The molecule has 0 aliphatic heterocycles. The van der Waals surface area contributed by atoms with Gasteiger partial charge in [0.1, 0.15) is 11.5 Å². The summed E-state index contributed by atoms with van der Waals surface area (Å²) < 4.78 is 43.5. The summed E-state index contributed by atoms with van der Waals surface area (Å²) >= 11 is 6.23. The second-order valence-corrected chi connectivity index (χ2v) is 11.0. The summed E-state index contributed by atoms with van der Waals surface area (Å²) in [6.07, 6.45) is 2.21. The molecule has 1 aliphatic rings. The number of halogens is 2. The van der Waals surface area contributed by atoms with E-state index < -0.39 is 37.5 Å². The lowest BCUT2D eigenvalue weighted by atomic mass is 10.0. The van der Waals surface area contributed by atoms with Crippen LogP contribution in [0.1, 0.15) is 28.9 Å². The molecule has 0 bridgehead atoms. The molecule has 1 fully saturated rings. The Hall–Kier alpha value is -4.03. The number of hydrogen-bond acceptors (Lipinski definition) is 6. The van der Waals surface area contributed by atoms with Crippen molar-refractivity contribution in [2.24, 2.45) is 0 Å². The predicted molar refractivity (Wildman–Crippen MR) is 135 cm³/mol. The summed E-state index contributed by atoms with van der Waals surface area (Å²) in [5.74, 6) is -1.79. The third kappa shape index (κ3) is 4.60. The number of carbonyl (C=O) groups excluding carboxylic acids is 1. The van der Waals surface area contributed by atoms with Crippen LogP contribution < -0.4 is 10.3 Å². The first-order chi connectivity index (χ1) is 17.6. The van der Waals surface area contributed by atoms with Gasteiger partial charge in [-0.25, -0.2) is 17.5 Å². The van der Waals surface area contributed by atoms with Crippen molar-refractivity contribution in [1.29, 1.82) is 0 Å². The van der Waals surface area contributed by atoms with Gasteiger partial charge >= 0.3 is 0 Å². The monoisotopic (exact) mass is 544 g/mol. The number of aromatic amines is 1. The molecule has 10 nitrogen and oxygen atoms in total. The topological polar surface area (TPSA) is 144 Å². The summed E-state index contributed by atoms with van der Waals surface area (Å²) in [4.78, 5) is 39.5. The summed E-state index contributed by atoms with van der Waals surface area (Å²) in [5.41, 5.74) is -0.781. The van der Waals surface area contributed by atoms with Gasteiger partial charge in [-0.3, -0.25) is 19.7 Å². The van der Waals surface area contributed by atoms with Crippen LogP contribution in [0.2, 0.25) is 5.02 Å². The van der Waals surface area contributed by atoms with E-state index in [-0.39, 0.29) is 39.6 Å². The number of nitro groups is 1. The second-order valence-electron chi connectivity index (χ2n) is 8.59. The molecule has 13 heteroatoms. The minimum atomic E-state index is -3.99. The first-order valence-corrected chi connectivity index (χ1v) is 13.0. The zero-order chi connectivity index (χ0) is 26.5. The molecule has 1 saturated carbocycles. The number of pyridine rings is 1. The molecule has 5 rings (SSSR count). The molecule has 0 saturated heterocycles. The van der Waals surface area contributed by atoms with Crippen LogP contribution >= 0.6 is 11.6 Å². The van der Waals surface area contributed by atoms with Crippen LogP contribution in [0.3, 0.4) is 0 Å². The zero-order valence-corrected chi connectivity index (χ0v) is 20.5. The highest BCUT2D eigenvalue weighted by molar-refractivity contribution is 7.91. The van der Waals surface area contributed by atoms with Gasteiger partial charge in [-0.05, 0) is 49.2 Å². The normalized spacial score (nSPS) is 13.6. The van der Waals surface area contributed by atoms with E-state index in [0.29, 0.717) is 23.7 Å². The minimum Gasteiger partial charge on any atom is -0.331 e. The Bertz CT molecular complexity index is 1760. The smallest absolute Gasteiger partial charge is 0.282 e. The number of hydrogen-bond donors (Lipinski definition) is 2. The molecule has 4 aromatic rings. The first-order valence-electron chi connectivity index (χ1n) is 11.1. The fourth-order valence-corrected chi connectivity index (χ4v) is 5.67. The number of fused-ring (bicyclic) bond motifs is 1. The molecule has 2 aromatic heterocycles. The molecule has 2 aromatic carbocycles. The van der Waals surface area contributed by atoms with Crippen molar-refractivity contribution in [3.8, 4) is 11.1 Å². The highest BCUT2D eigenvalue weighted by Gasteiger charge is 2.38. The van der Waals surface area contributed by atoms with E-state index in [1.165, 1.54) is 35.0 Å². The van der Waals surface area contributed by atoms with E-state index in [4.69, 9.17) is 11.6 Å². The molecule has 2 N–H and O–H groups in total. The van der Waals surface area contributed by atoms with Crippen molar-refractivity contribution in [2.45, 2.75) is 24.6 Å². The average Bonchev–Trinajstić information content (AvgIpc) is 3.65. The first kappa shape index (κ1) is 24.7. The van der Waals surface area contributed by atoms with Crippen molar-refractivity contribution in [3.63, 3.8) is 0 Å². The SMILES string of the molecule is O=C(NS(=O)(=O)C1CC1)c1c(-c2ccc[nH]c2=O)c2cc(Cl)ccc2n1Cc1cc([N+](=O)[O-])ccc1F. The summed E-state index contributed by atoms with van der Waals surface area (Å²) in [7, 11) is -3.99. The lowest BCUT2D eigenvalue weighted by Gasteiger charge is -2.13. The number of nitrogens with zero attached hydrogens (tertiary/aromatic N) is 2. The van der Waals surface area contributed by atoms with Gasteiger partial charge in [0.25, 0.3) is 17.2 Å².